The first-order chi connectivity index (χ1) is 15.3. The van der Waals surface area contributed by atoms with Gasteiger partial charge in [-0.25, -0.2) is 19.2 Å². The van der Waals surface area contributed by atoms with Crippen molar-refractivity contribution in [2.45, 2.75) is 51.7 Å². The summed E-state index contributed by atoms with van der Waals surface area (Å²) in [5.74, 6) is 1.16. The highest BCUT2D eigenvalue weighted by atomic mass is 32.2. The molecule has 1 aliphatic rings. The molecule has 1 fully saturated rings. The van der Waals surface area contributed by atoms with Crippen LogP contribution in [-0.4, -0.2) is 48.1 Å². The first-order valence-electron chi connectivity index (χ1n) is 10.7. The number of pyridine rings is 1. The van der Waals surface area contributed by atoms with Crippen LogP contribution in [0.25, 0.3) is 10.9 Å². The molecule has 2 heterocycles. The highest BCUT2D eigenvalue weighted by Crippen LogP contribution is 2.33. The third kappa shape index (κ3) is 5.11. The van der Waals surface area contributed by atoms with Gasteiger partial charge in [0.2, 0.25) is 5.88 Å². The van der Waals surface area contributed by atoms with Gasteiger partial charge in [-0.3, -0.25) is 0 Å². The molecular formula is C23H29N5O3S. The number of nitrogens with zero attached hydrogens (tertiary/aromatic N) is 3. The molecule has 1 aromatic carbocycles. The van der Waals surface area contributed by atoms with Gasteiger partial charge in [-0.1, -0.05) is 0 Å². The van der Waals surface area contributed by atoms with Crippen molar-refractivity contribution in [1.29, 1.82) is 0 Å². The molecule has 0 aliphatic heterocycles. The van der Waals surface area contributed by atoms with Crippen LogP contribution in [0.15, 0.2) is 36.8 Å². The van der Waals surface area contributed by atoms with Crippen molar-refractivity contribution in [3.8, 4) is 5.88 Å². The Morgan fingerprint density at radius 1 is 1.19 bits per heavy atom. The molecule has 3 N–H and O–H groups in total. The first kappa shape index (κ1) is 22.3. The Kier molecular flexibility index (Phi) is 6.48. The summed E-state index contributed by atoms with van der Waals surface area (Å²) in [6.45, 7) is 3.75. The number of aryl methyl sites for hydroxylation is 1. The van der Waals surface area contributed by atoms with Crippen molar-refractivity contribution in [2.75, 3.05) is 16.3 Å². The average Bonchev–Trinajstić information content (AvgIpc) is 2.76. The molecule has 32 heavy (non-hydrogen) atoms. The maximum Gasteiger partial charge on any atom is 0.238 e. The first-order valence-corrected chi connectivity index (χ1v) is 12.8. The molecule has 4 rings (SSSR count). The van der Waals surface area contributed by atoms with Crippen molar-refractivity contribution < 1.29 is 14.1 Å². The van der Waals surface area contributed by atoms with Crippen LogP contribution in [0, 0.1) is 6.92 Å². The van der Waals surface area contributed by atoms with E-state index < -0.39 is 9.71 Å². The molecule has 3 aromatic rings. The second kappa shape index (κ2) is 9.30. The van der Waals surface area contributed by atoms with E-state index in [9.17, 15) is 9.32 Å². The van der Waals surface area contributed by atoms with Crippen molar-refractivity contribution in [3.05, 3.63) is 42.4 Å². The van der Waals surface area contributed by atoms with Gasteiger partial charge in [0, 0.05) is 33.2 Å². The minimum absolute atomic E-state index is 0.0330. The molecule has 1 atom stereocenters. The summed E-state index contributed by atoms with van der Waals surface area (Å²) < 4.78 is 21.7. The number of aliphatic hydroxyl groups is 1. The standard InChI is InChI=1S/C23H29N5O3S/c1-4-32(3,30)28-16-12-15(2)21-20(13-16)25-14-26-22(21)27-19-6-5-11-24-23(19)31-18-9-7-17(29)8-10-18/h4-6,11-14,17-18,29H,7-10H2,1-3H3,(H,28,30)(H,25,26,27). The summed E-state index contributed by atoms with van der Waals surface area (Å²) in [5, 5.41) is 15.6. The largest absolute Gasteiger partial charge is 0.473 e. The number of aromatic nitrogens is 3. The lowest BCUT2D eigenvalue weighted by Gasteiger charge is -2.26. The molecule has 170 valence electrons. The highest BCUT2D eigenvalue weighted by Gasteiger charge is 2.22. The molecule has 0 spiro atoms. The van der Waals surface area contributed by atoms with E-state index in [4.69, 9.17) is 4.74 Å². The highest BCUT2D eigenvalue weighted by molar-refractivity contribution is 8.01. The average molecular weight is 456 g/mol. The fourth-order valence-electron chi connectivity index (χ4n) is 3.87. The van der Waals surface area contributed by atoms with Crippen molar-refractivity contribution >= 4 is 43.2 Å². The Morgan fingerprint density at radius 3 is 2.72 bits per heavy atom. The second-order valence-corrected chi connectivity index (χ2v) is 10.7. The van der Waals surface area contributed by atoms with Crippen LogP contribution in [0.2, 0.25) is 0 Å². The Balaban J connectivity index is 1.63. The summed E-state index contributed by atoms with van der Waals surface area (Å²) in [6.07, 6.45) is 7.76. The fraction of sp³-hybridized carbons (Fsp3) is 0.391. The van der Waals surface area contributed by atoms with E-state index in [1.807, 2.05) is 31.2 Å². The summed E-state index contributed by atoms with van der Waals surface area (Å²) >= 11 is 0. The van der Waals surface area contributed by atoms with Crippen LogP contribution in [-0.2, 0) is 9.71 Å². The predicted octanol–water partition coefficient (Wildman–Crippen LogP) is 3.82. The molecule has 9 heteroatoms. The number of fused-ring (bicyclic) bond motifs is 1. The van der Waals surface area contributed by atoms with Gasteiger partial charge >= 0.3 is 0 Å². The van der Waals surface area contributed by atoms with Crippen LogP contribution in [0.4, 0.5) is 17.2 Å². The van der Waals surface area contributed by atoms with Gasteiger partial charge in [0.15, 0.2) is 0 Å². The smallest absolute Gasteiger partial charge is 0.238 e. The molecular weight excluding hydrogens is 426 g/mol. The molecule has 0 radical (unpaired) electrons. The molecule has 8 nitrogen and oxygen atoms in total. The number of rotatable bonds is 6. The fourth-order valence-corrected chi connectivity index (χ4v) is 4.57. The van der Waals surface area contributed by atoms with E-state index in [0.717, 1.165) is 53.5 Å². The lowest BCUT2D eigenvalue weighted by molar-refractivity contribution is 0.0647. The number of ether oxygens (including phenoxy) is 1. The van der Waals surface area contributed by atoms with Gasteiger partial charge in [0.25, 0.3) is 0 Å². The van der Waals surface area contributed by atoms with Gasteiger partial charge in [0.1, 0.15) is 23.9 Å². The van der Waals surface area contributed by atoms with Crippen LogP contribution in [0.5, 0.6) is 5.88 Å². The molecule has 1 unspecified atom stereocenters. The van der Waals surface area contributed by atoms with E-state index in [1.54, 1.807) is 24.7 Å². The lowest BCUT2D eigenvalue weighted by Crippen LogP contribution is -2.27. The Bertz CT molecular complexity index is 1230. The van der Waals surface area contributed by atoms with Gasteiger partial charge in [-0.2, -0.15) is 0 Å². The molecule has 0 saturated heterocycles. The van der Waals surface area contributed by atoms with Gasteiger partial charge in [-0.05, 0) is 74.7 Å². The Morgan fingerprint density at radius 2 is 1.97 bits per heavy atom. The van der Waals surface area contributed by atoms with E-state index in [2.05, 4.69) is 25.0 Å². The lowest BCUT2D eigenvalue weighted by atomic mass is 9.95. The molecule has 1 aliphatic carbocycles. The summed E-state index contributed by atoms with van der Waals surface area (Å²) in [4.78, 5) is 13.3. The molecule has 1 saturated carbocycles. The number of hydrogen-bond acceptors (Lipinski definition) is 7. The minimum Gasteiger partial charge on any atom is -0.473 e. The maximum absolute atomic E-state index is 12.5. The van der Waals surface area contributed by atoms with Gasteiger partial charge < -0.3 is 19.9 Å². The third-order valence-electron chi connectivity index (χ3n) is 5.65. The number of hydrogen-bond donors (Lipinski definition) is 3. The zero-order valence-corrected chi connectivity index (χ0v) is 19.4. The Hall–Kier alpha value is -2.91. The van der Waals surface area contributed by atoms with Crippen molar-refractivity contribution in [1.82, 2.24) is 15.0 Å². The zero-order chi connectivity index (χ0) is 22.7. The van der Waals surface area contributed by atoms with Crippen LogP contribution >= 0.6 is 0 Å². The molecule has 0 amide bonds. The minimum atomic E-state index is -2.26. The van der Waals surface area contributed by atoms with Crippen molar-refractivity contribution in [2.24, 2.45) is 0 Å². The van der Waals surface area contributed by atoms with Gasteiger partial charge in [-0.15, -0.1) is 0 Å². The number of aliphatic hydroxyl groups excluding tert-OH is 1. The maximum atomic E-state index is 12.5. The van der Waals surface area contributed by atoms with Crippen LogP contribution in [0.3, 0.4) is 0 Å². The van der Waals surface area contributed by atoms with E-state index in [-0.39, 0.29) is 12.2 Å². The monoisotopic (exact) mass is 455 g/mol. The quantitative estimate of drug-likeness (QED) is 0.485. The third-order valence-corrected chi connectivity index (χ3v) is 7.19. The topological polar surface area (TPSA) is 109 Å². The SMILES string of the molecule is CC=S(C)(=O)Nc1cc(C)c2c(Nc3cccnc3OC3CCC(O)CC3)ncnc2c1. The predicted molar refractivity (Wildman–Crippen MR) is 130 cm³/mol. The summed E-state index contributed by atoms with van der Waals surface area (Å²) in [5.41, 5.74) is 3.16. The van der Waals surface area contributed by atoms with Crippen LogP contribution in [0.1, 0.15) is 38.2 Å². The second-order valence-electron chi connectivity index (χ2n) is 8.18. The van der Waals surface area contributed by atoms with E-state index >= 15 is 0 Å². The van der Waals surface area contributed by atoms with Gasteiger partial charge in [0.05, 0.1) is 11.6 Å². The Labute approximate surface area is 188 Å². The van der Waals surface area contributed by atoms with E-state index in [0.29, 0.717) is 11.7 Å². The van der Waals surface area contributed by atoms with E-state index in [1.165, 1.54) is 6.33 Å². The van der Waals surface area contributed by atoms with Crippen molar-refractivity contribution in [3.63, 3.8) is 0 Å². The molecule has 0 bridgehead atoms. The number of nitrogens with one attached hydrogen (secondary N) is 2. The summed E-state index contributed by atoms with van der Waals surface area (Å²) in [6, 6.07) is 7.56. The zero-order valence-electron chi connectivity index (χ0n) is 18.5. The number of anilines is 3. The molecule has 2 aromatic heterocycles. The number of benzene rings is 1. The summed E-state index contributed by atoms with van der Waals surface area (Å²) in [7, 11) is -2.26. The van der Waals surface area contributed by atoms with Crippen LogP contribution < -0.4 is 14.8 Å². The normalized spacial score (nSPS) is 20.4.